The van der Waals surface area contributed by atoms with E-state index in [9.17, 15) is 4.79 Å². The van der Waals surface area contributed by atoms with Crippen molar-refractivity contribution in [2.45, 2.75) is 13.4 Å². The molecule has 1 amide bonds. The molecule has 1 heterocycles. The molecule has 17 heavy (non-hydrogen) atoms. The summed E-state index contributed by atoms with van der Waals surface area (Å²) < 4.78 is 1.06. The van der Waals surface area contributed by atoms with Crippen LogP contribution in [0.4, 0.5) is 0 Å². The molecule has 0 unspecified atom stereocenters. The predicted octanol–water partition coefficient (Wildman–Crippen LogP) is 2.96. The Labute approximate surface area is 109 Å². The van der Waals surface area contributed by atoms with E-state index in [4.69, 9.17) is 0 Å². The van der Waals surface area contributed by atoms with E-state index < -0.39 is 0 Å². The first-order valence-corrected chi connectivity index (χ1v) is 6.50. The standard InChI is InChI=1S/C13H11BBrNO/c1-14-16-7-12-10(13(16)17)5-3-8-2-4-9(15)6-11(8)12/h2-6,14H,7H2,1H3. The van der Waals surface area contributed by atoms with E-state index in [1.807, 2.05) is 29.8 Å². The second-order valence-corrected chi connectivity index (χ2v) is 5.19. The minimum Gasteiger partial charge on any atom is -0.382 e. The summed E-state index contributed by atoms with van der Waals surface area (Å²) in [7, 11) is 0.767. The maximum Gasteiger partial charge on any atom is 0.242 e. The molecule has 0 bridgehead atoms. The van der Waals surface area contributed by atoms with Gasteiger partial charge >= 0.3 is 0 Å². The highest BCUT2D eigenvalue weighted by Gasteiger charge is 2.27. The van der Waals surface area contributed by atoms with Crippen molar-refractivity contribution in [1.82, 2.24) is 4.81 Å². The lowest BCUT2D eigenvalue weighted by atomic mass is 9.96. The van der Waals surface area contributed by atoms with Gasteiger partial charge in [0.25, 0.3) is 0 Å². The summed E-state index contributed by atoms with van der Waals surface area (Å²) in [6.07, 6.45) is 0. The van der Waals surface area contributed by atoms with Gasteiger partial charge in [0.2, 0.25) is 13.3 Å². The van der Waals surface area contributed by atoms with E-state index in [1.54, 1.807) is 0 Å². The van der Waals surface area contributed by atoms with Crippen LogP contribution in [0.1, 0.15) is 15.9 Å². The third kappa shape index (κ3) is 1.59. The number of amides is 1. The largest absolute Gasteiger partial charge is 0.382 e. The molecular weight excluding hydrogens is 277 g/mol. The molecule has 1 aliphatic heterocycles. The lowest BCUT2D eigenvalue weighted by Crippen LogP contribution is -2.25. The van der Waals surface area contributed by atoms with Crippen LogP contribution in [0.5, 0.6) is 0 Å². The van der Waals surface area contributed by atoms with Crippen molar-refractivity contribution in [3.05, 3.63) is 45.9 Å². The average molecular weight is 288 g/mol. The van der Waals surface area contributed by atoms with Gasteiger partial charge in [-0.25, -0.2) is 0 Å². The number of carbonyl (C=O) groups excluding carboxylic acids is 1. The third-order valence-electron chi connectivity index (χ3n) is 3.34. The summed E-state index contributed by atoms with van der Waals surface area (Å²) in [4.78, 5) is 14.0. The van der Waals surface area contributed by atoms with Crippen LogP contribution in [0.25, 0.3) is 10.8 Å². The van der Waals surface area contributed by atoms with E-state index >= 15 is 0 Å². The van der Waals surface area contributed by atoms with Crippen LogP contribution in [-0.4, -0.2) is 18.1 Å². The SMILES string of the molecule is CBN1Cc2c(ccc3ccc(Br)cc23)C1=O. The fourth-order valence-electron chi connectivity index (χ4n) is 2.41. The number of hydrogen-bond acceptors (Lipinski definition) is 1. The maximum atomic E-state index is 12.1. The fourth-order valence-corrected chi connectivity index (χ4v) is 2.77. The van der Waals surface area contributed by atoms with E-state index in [-0.39, 0.29) is 5.91 Å². The second kappa shape index (κ2) is 3.88. The monoisotopic (exact) mass is 287 g/mol. The molecule has 1 aliphatic rings. The highest BCUT2D eigenvalue weighted by molar-refractivity contribution is 9.10. The first-order chi connectivity index (χ1) is 8.20. The van der Waals surface area contributed by atoms with Gasteiger partial charge in [0.1, 0.15) is 0 Å². The lowest BCUT2D eigenvalue weighted by Gasteiger charge is -2.10. The van der Waals surface area contributed by atoms with Gasteiger partial charge in [0, 0.05) is 16.6 Å². The Hall–Kier alpha value is -1.29. The summed E-state index contributed by atoms with van der Waals surface area (Å²) in [5, 5.41) is 2.37. The van der Waals surface area contributed by atoms with E-state index in [0.717, 1.165) is 29.6 Å². The quantitative estimate of drug-likeness (QED) is 0.739. The number of fused-ring (bicyclic) bond motifs is 3. The maximum absolute atomic E-state index is 12.1. The Bertz CT molecular complexity index is 626. The third-order valence-corrected chi connectivity index (χ3v) is 3.84. The van der Waals surface area contributed by atoms with Gasteiger partial charge in [-0.2, -0.15) is 0 Å². The summed E-state index contributed by atoms with van der Waals surface area (Å²) >= 11 is 3.49. The van der Waals surface area contributed by atoms with Crippen LogP contribution >= 0.6 is 15.9 Å². The Morgan fingerprint density at radius 3 is 2.82 bits per heavy atom. The van der Waals surface area contributed by atoms with Gasteiger partial charge < -0.3 is 4.81 Å². The van der Waals surface area contributed by atoms with Gasteiger partial charge in [-0.3, -0.25) is 4.79 Å². The van der Waals surface area contributed by atoms with E-state index in [1.165, 1.54) is 10.8 Å². The van der Waals surface area contributed by atoms with Gasteiger partial charge in [0.15, 0.2) is 0 Å². The summed E-state index contributed by atoms with van der Waals surface area (Å²) in [6.45, 7) is 2.75. The van der Waals surface area contributed by atoms with Crippen molar-refractivity contribution in [3.63, 3.8) is 0 Å². The Kier molecular flexibility index (Phi) is 2.47. The fraction of sp³-hybridized carbons (Fsp3) is 0.154. The number of hydrogen-bond donors (Lipinski definition) is 0. The highest BCUT2D eigenvalue weighted by atomic mass is 79.9. The van der Waals surface area contributed by atoms with Gasteiger partial charge in [-0.05, 0) is 34.5 Å². The van der Waals surface area contributed by atoms with Crippen molar-refractivity contribution >= 4 is 40.0 Å². The average Bonchev–Trinajstić information content (AvgIpc) is 2.66. The number of benzene rings is 2. The second-order valence-electron chi connectivity index (χ2n) is 4.28. The van der Waals surface area contributed by atoms with E-state index in [2.05, 4.69) is 28.1 Å². The Morgan fingerprint density at radius 2 is 2.06 bits per heavy atom. The number of nitrogens with zero attached hydrogens (tertiary/aromatic N) is 1. The molecule has 3 rings (SSSR count). The van der Waals surface area contributed by atoms with Crippen LogP contribution in [0.15, 0.2) is 34.8 Å². The van der Waals surface area contributed by atoms with Crippen LogP contribution in [0, 0.1) is 0 Å². The minimum atomic E-state index is 0.157. The number of halogens is 1. The van der Waals surface area contributed by atoms with Crippen LogP contribution in [-0.2, 0) is 6.54 Å². The van der Waals surface area contributed by atoms with Crippen LogP contribution in [0.2, 0.25) is 6.82 Å². The molecular formula is C13H11BBrNO. The molecule has 0 atom stereocenters. The summed E-state index contributed by atoms with van der Waals surface area (Å²) in [5.74, 6) is 0.157. The number of rotatable bonds is 1. The molecule has 0 aliphatic carbocycles. The van der Waals surface area contributed by atoms with Crippen molar-refractivity contribution in [2.75, 3.05) is 0 Å². The first kappa shape index (κ1) is 10.8. The predicted molar refractivity (Wildman–Crippen MR) is 74.5 cm³/mol. The topological polar surface area (TPSA) is 20.3 Å². The van der Waals surface area contributed by atoms with Gasteiger partial charge in [-0.1, -0.05) is 34.9 Å². The van der Waals surface area contributed by atoms with Crippen molar-refractivity contribution < 1.29 is 4.79 Å². The molecule has 0 radical (unpaired) electrons. The number of carbonyl (C=O) groups is 1. The first-order valence-electron chi connectivity index (χ1n) is 5.71. The summed E-state index contributed by atoms with van der Waals surface area (Å²) in [6, 6.07) is 10.2. The van der Waals surface area contributed by atoms with Crippen molar-refractivity contribution in [2.24, 2.45) is 0 Å². The van der Waals surface area contributed by atoms with Crippen molar-refractivity contribution in [1.29, 1.82) is 0 Å². The summed E-state index contributed by atoms with van der Waals surface area (Å²) in [5.41, 5.74) is 2.02. The molecule has 0 aromatic heterocycles. The molecule has 0 saturated carbocycles. The Morgan fingerprint density at radius 1 is 1.29 bits per heavy atom. The molecule has 2 aromatic rings. The zero-order valence-corrected chi connectivity index (χ0v) is 11.1. The molecule has 84 valence electrons. The van der Waals surface area contributed by atoms with Crippen molar-refractivity contribution in [3.8, 4) is 0 Å². The van der Waals surface area contributed by atoms with Crippen LogP contribution < -0.4 is 0 Å². The highest BCUT2D eigenvalue weighted by Crippen LogP contribution is 2.31. The molecule has 0 N–H and O–H groups in total. The molecule has 0 saturated heterocycles. The molecule has 0 spiro atoms. The molecule has 0 fully saturated rings. The normalized spacial score (nSPS) is 14.2. The van der Waals surface area contributed by atoms with Crippen LogP contribution in [0.3, 0.4) is 0 Å². The Balaban J connectivity index is 2.28. The lowest BCUT2D eigenvalue weighted by molar-refractivity contribution is 0.0877. The smallest absolute Gasteiger partial charge is 0.242 e. The minimum absolute atomic E-state index is 0.157. The molecule has 2 aromatic carbocycles. The van der Waals surface area contributed by atoms with E-state index in [0.29, 0.717) is 0 Å². The van der Waals surface area contributed by atoms with Gasteiger partial charge in [0.05, 0.1) is 0 Å². The molecule has 4 heteroatoms. The molecule has 2 nitrogen and oxygen atoms in total. The zero-order chi connectivity index (χ0) is 12.0. The van der Waals surface area contributed by atoms with Gasteiger partial charge in [-0.15, -0.1) is 0 Å². The zero-order valence-electron chi connectivity index (χ0n) is 9.53.